The van der Waals surface area contributed by atoms with E-state index in [1.807, 2.05) is 18.2 Å². The fourth-order valence-electron chi connectivity index (χ4n) is 2.29. The smallest absolute Gasteiger partial charge is 0.125 e. The van der Waals surface area contributed by atoms with E-state index < -0.39 is 0 Å². The third-order valence-corrected chi connectivity index (χ3v) is 3.84. The van der Waals surface area contributed by atoms with Gasteiger partial charge < -0.3 is 4.57 Å². The molecule has 0 amide bonds. The summed E-state index contributed by atoms with van der Waals surface area (Å²) in [5, 5.41) is 0.772. The van der Waals surface area contributed by atoms with Crippen molar-refractivity contribution in [3.05, 3.63) is 29.0 Å². The van der Waals surface area contributed by atoms with Crippen LogP contribution in [-0.4, -0.2) is 9.55 Å². The number of alkyl halides is 1. The predicted molar refractivity (Wildman–Crippen MR) is 67.2 cm³/mol. The lowest BCUT2D eigenvalue weighted by Crippen LogP contribution is -2.18. The van der Waals surface area contributed by atoms with Gasteiger partial charge in [-0.15, -0.1) is 11.6 Å². The molecular formula is C12H12Cl2N2. The van der Waals surface area contributed by atoms with Crippen LogP contribution in [0.2, 0.25) is 5.02 Å². The molecular weight excluding hydrogens is 243 g/mol. The topological polar surface area (TPSA) is 17.8 Å². The Labute approximate surface area is 104 Å². The Kier molecular flexibility index (Phi) is 2.56. The third-order valence-electron chi connectivity index (χ3n) is 3.29. The second-order valence-corrected chi connectivity index (χ2v) is 4.90. The summed E-state index contributed by atoms with van der Waals surface area (Å²) in [4.78, 5) is 4.54. The largest absolute Gasteiger partial charge is 0.323 e. The lowest BCUT2D eigenvalue weighted by molar-refractivity contribution is 0.315. The van der Waals surface area contributed by atoms with Crippen molar-refractivity contribution in [1.82, 2.24) is 9.55 Å². The first-order chi connectivity index (χ1) is 7.81. The molecule has 1 heterocycles. The summed E-state index contributed by atoms with van der Waals surface area (Å²) in [6.07, 6.45) is 3.71. The normalized spacial score (nSPS) is 16.6. The quantitative estimate of drug-likeness (QED) is 0.737. The molecule has 3 rings (SSSR count). The van der Waals surface area contributed by atoms with Gasteiger partial charge in [0.2, 0.25) is 0 Å². The molecule has 0 N–H and O–H groups in total. The van der Waals surface area contributed by atoms with Crippen LogP contribution in [0.1, 0.15) is 31.1 Å². The average molecular weight is 255 g/mol. The highest BCUT2D eigenvalue weighted by molar-refractivity contribution is 6.35. The number of imidazole rings is 1. The first kappa shape index (κ1) is 10.4. The molecule has 0 atom stereocenters. The minimum atomic E-state index is 0.446. The highest BCUT2D eigenvalue weighted by Gasteiger charge is 2.25. The van der Waals surface area contributed by atoms with Gasteiger partial charge in [-0.2, -0.15) is 0 Å². The van der Waals surface area contributed by atoms with Gasteiger partial charge in [-0.3, -0.25) is 0 Å². The number of aromatic nitrogens is 2. The van der Waals surface area contributed by atoms with Crippen LogP contribution >= 0.6 is 23.2 Å². The molecule has 1 fully saturated rings. The zero-order valence-corrected chi connectivity index (χ0v) is 10.3. The number of para-hydroxylation sites is 1. The fourth-order valence-corrected chi connectivity index (χ4v) is 2.74. The van der Waals surface area contributed by atoms with Crippen LogP contribution in [0, 0.1) is 0 Å². The summed E-state index contributed by atoms with van der Waals surface area (Å²) in [6.45, 7) is 0. The molecule has 0 spiro atoms. The zero-order valence-electron chi connectivity index (χ0n) is 8.79. The van der Waals surface area contributed by atoms with E-state index in [0.717, 1.165) is 21.9 Å². The SMILES string of the molecule is ClCc1nc2cccc(Cl)c2n1C1CCC1. The Morgan fingerprint density at radius 1 is 1.38 bits per heavy atom. The maximum Gasteiger partial charge on any atom is 0.125 e. The van der Waals surface area contributed by atoms with Crippen LogP contribution < -0.4 is 0 Å². The summed E-state index contributed by atoms with van der Waals surface area (Å²) < 4.78 is 2.23. The summed E-state index contributed by atoms with van der Waals surface area (Å²) in [6, 6.07) is 6.38. The van der Waals surface area contributed by atoms with Gasteiger partial charge in [0.15, 0.2) is 0 Å². The first-order valence-electron chi connectivity index (χ1n) is 5.52. The second kappa shape index (κ2) is 3.94. The molecule has 0 aliphatic heterocycles. The molecule has 2 aromatic rings. The van der Waals surface area contributed by atoms with Gasteiger partial charge in [-0.1, -0.05) is 17.7 Å². The third kappa shape index (κ3) is 1.44. The molecule has 4 heteroatoms. The Morgan fingerprint density at radius 3 is 2.81 bits per heavy atom. The molecule has 0 saturated heterocycles. The van der Waals surface area contributed by atoms with E-state index in [1.54, 1.807) is 0 Å². The molecule has 1 aliphatic carbocycles. The Balaban J connectivity index is 2.28. The van der Waals surface area contributed by atoms with Gasteiger partial charge in [0.1, 0.15) is 5.82 Å². The van der Waals surface area contributed by atoms with Crippen LogP contribution in [-0.2, 0) is 5.88 Å². The molecule has 1 saturated carbocycles. The average Bonchev–Trinajstić information content (AvgIpc) is 2.56. The van der Waals surface area contributed by atoms with Gasteiger partial charge in [0.25, 0.3) is 0 Å². The Morgan fingerprint density at radius 2 is 2.19 bits per heavy atom. The molecule has 1 aliphatic rings. The summed E-state index contributed by atoms with van der Waals surface area (Å²) >= 11 is 12.2. The van der Waals surface area contributed by atoms with Crippen molar-refractivity contribution in [3.8, 4) is 0 Å². The number of rotatable bonds is 2. The monoisotopic (exact) mass is 254 g/mol. The molecule has 0 radical (unpaired) electrons. The van der Waals surface area contributed by atoms with E-state index in [-0.39, 0.29) is 0 Å². The van der Waals surface area contributed by atoms with E-state index in [0.29, 0.717) is 11.9 Å². The van der Waals surface area contributed by atoms with Gasteiger partial charge >= 0.3 is 0 Å². The standard InChI is InChI=1S/C12H12Cl2N2/c13-7-11-15-10-6-2-5-9(14)12(10)16(11)8-3-1-4-8/h2,5-6,8H,1,3-4,7H2. The van der Waals surface area contributed by atoms with Crippen molar-refractivity contribution in [3.63, 3.8) is 0 Å². The van der Waals surface area contributed by atoms with E-state index in [2.05, 4.69) is 9.55 Å². The minimum absolute atomic E-state index is 0.446. The number of fused-ring (bicyclic) bond motifs is 1. The molecule has 1 aromatic carbocycles. The van der Waals surface area contributed by atoms with E-state index in [4.69, 9.17) is 23.2 Å². The number of hydrogen-bond donors (Lipinski definition) is 0. The van der Waals surface area contributed by atoms with Crippen LogP contribution in [0.4, 0.5) is 0 Å². The summed E-state index contributed by atoms with van der Waals surface area (Å²) in [5.74, 6) is 1.39. The molecule has 84 valence electrons. The molecule has 0 unspecified atom stereocenters. The van der Waals surface area contributed by atoms with Crippen molar-refractivity contribution < 1.29 is 0 Å². The molecule has 16 heavy (non-hydrogen) atoms. The van der Waals surface area contributed by atoms with Crippen LogP contribution in [0.25, 0.3) is 11.0 Å². The Hall–Kier alpha value is -0.730. The van der Waals surface area contributed by atoms with E-state index in [1.165, 1.54) is 19.3 Å². The van der Waals surface area contributed by atoms with Crippen LogP contribution in [0.3, 0.4) is 0 Å². The minimum Gasteiger partial charge on any atom is -0.323 e. The van der Waals surface area contributed by atoms with E-state index >= 15 is 0 Å². The zero-order chi connectivity index (χ0) is 11.1. The summed E-state index contributed by atoms with van der Waals surface area (Å²) in [7, 11) is 0. The van der Waals surface area contributed by atoms with Crippen molar-refractivity contribution >= 4 is 34.2 Å². The molecule has 1 aromatic heterocycles. The highest BCUT2D eigenvalue weighted by atomic mass is 35.5. The van der Waals surface area contributed by atoms with Crippen LogP contribution in [0.5, 0.6) is 0 Å². The fraction of sp³-hybridized carbons (Fsp3) is 0.417. The van der Waals surface area contributed by atoms with Gasteiger partial charge in [-0.25, -0.2) is 4.98 Å². The second-order valence-electron chi connectivity index (χ2n) is 4.22. The van der Waals surface area contributed by atoms with Crippen molar-refractivity contribution in [1.29, 1.82) is 0 Å². The molecule has 0 bridgehead atoms. The van der Waals surface area contributed by atoms with Gasteiger partial charge in [0.05, 0.1) is 21.9 Å². The Bertz CT molecular complexity index is 529. The highest BCUT2D eigenvalue weighted by Crippen LogP contribution is 2.37. The van der Waals surface area contributed by atoms with Gasteiger partial charge in [-0.05, 0) is 31.4 Å². The van der Waals surface area contributed by atoms with Crippen molar-refractivity contribution in [2.75, 3.05) is 0 Å². The van der Waals surface area contributed by atoms with Crippen molar-refractivity contribution in [2.45, 2.75) is 31.2 Å². The number of benzene rings is 1. The lowest BCUT2D eigenvalue weighted by atomic mass is 9.92. The predicted octanol–water partition coefficient (Wildman–Crippen LogP) is 4.15. The maximum atomic E-state index is 6.25. The number of halogens is 2. The van der Waals surface area contributed by atoms with Gasteiger partial charge in [0, 0.05) is 6.04 Å². The van der Waals surface area contributed by atoms with E-state index in [9.17, 15) is 0 Å². The lowest BCUT2D eigenvalue weighted by Gasteiger charge is -2.29. The summed E-state index contributed by atoms with van der Waals surface area (Å²) in [5.41, 5.74) is 2.00. The van der Waals surface area contributed by atoms with Crippen LogP contribution in [0.15, 0.2) is 18.2 Å². The first-order valence-corrected chi connectivity index (χ1v) is 6.44. The number of hydrogen-bond acceptors (Lipinski definition) is 1. The molecule has 2 nitrogen and oxygen atoms in total. The maximum absolute atomic E-state index is 6.25. The van der Waals surface area contributed by atoms with Crippen molar-refractivity contribution in [2.24, 2.45) is 0 Å². The number of nitrogens with zero attached hydrogens (tertiary/aromatic N) is 2.